The van der Waals surface area contributed by atoms with E-state index >= 15 is 0 Å². The van der Waals surface area contributed by atoms with E-state index in [4.69, 9.17) is 25.8 Å². The molecular weight excluding hydrogens is 328 g/mol. The fourth-order valence-electron chi connectivity index (χ4n) is 1.71. The molecule has 1 aromatic carbocycles. The Morgan fingerprint density at radius 2 is 1.91 bits per heavy atom. The molecule has 1 aromatic heterocycles. The van der Waals surface area contributed by atoms with Crippen molar-refractivity contribution >= 4 is 34.7 Å². The van der Waals surface area contributed by atoms with Crippen LogP contribution in [0.4, 0.5) is 0 Å². The normalized spacial score (nSPS) is 10.1. The molecule has 7 heteroatoms. The topological polar surface area (TPSA) is 61.8 Å². The molecule has 0 radical (unpaired) electrons. The summed E-state index contributed by atoms with van der Waals surface area (Å²) in [6.45, 7) is -0.356. The van der Waals surface area contributed by atoms with Crippen molar-refractivity contribution in [3.8, 4) is 11.5 Å². The Bertz CT molecular complexity index is 695. The lowest BCUT2D eigenvalue weighted by Gasteiger charge is -2.09. The molecule has 2 rings (SSSR count). The van der Waals surface area contributed by atoms with Crippen molar-refractivity contribution < 1.29 is 23.8 Å². The molecule has 0 aliphatic rings. The summed E-state index contributed by atoms with van der Waals surface area (Å²) in [6.07, 6.45) is 0. The number of carbonyl (C=O) groups is 2. The van der Waals surface area contributed by atoms with Gasteiger partial charge in [0, 0.05) is 6.07 Å². The first-order valence-corrected chi connectivity index (χ1v) is 7.42. The van der Waals surface area contributed by atoms with Gasteiger partial charge in [0.1, 0.15) is 17.1 Å². The molecule has 0 N–H and O–H groups in total. The van der Waals surface area contributed by atoms with E-state index in [-0.39, 0.29) is 18.0 Å². The predicted molar refractivity (Wildman–Crippen MR) is 83.5 cm³/mol. The molecule has 2 aromatic rings. The molecule has 0 amide bonds. The molecule has 0 aliphatic carbocycles. The van der Waals surface area contributed by atoms with Gasteiger partial charge in [0.15, 0.2) is 6.61 Å². The Kier molecular flexibility index (Phi) is 5.41. The van der Waals surface area contributed by atoms with E-state index in [1.54, 1.807) is 24.3 Å². The highest BCUT2D eigenvalue weighted by Crippen LogP contribution is 2.25. The number of ether oxygens (including phenoxy) is 3. The maximum Gasteiger partial charge on any atom is 0.342 e. The first-order valence-electron chi connectivity index (χ1n) is 6.23. The van der Waals surface area contributed by atoms with E-state index in [9.17, 15) is 9.59 Å². The summed E-state index contributed by atoms with van der Waals surface area (Å²) >= 11 is 6.90. The number of carbonyl (C=O) groups excluding carboxylic acids is 2. The van der Waals surface area contributed by atoms with E-state index in [0.717, 1.165) is 11.3 Å². The van der Waals surface area contributed by atoms with Crippen LogP contribution in [0.15, 0.2) is 30.3 Å². The first kappa shape index (κ1) is 16.3. The first-order chi connectivity index (χ1) is 10.5. The second-order valence-corrected chi connectivity index (χ2v) is 5.88. The van der Waals surface area contributed by atoms with Gasteiger partial charge in [-0.05, 0) is 24.3 Å². The lowest BCUT2D eigenvalue weighted by Crippen LogP contribution is -2.14. The van der Waals surface area contributed by atoms with E-state index in [2.05, 4.69) is 0 Å². The fourth-order valence-corrected chi connectivity index (χ4v) is 2.68. The smallest absolute Gasteiger partial charge is 0.342 e. The van der Waals surface area contributed by atoms with Crippen LogP contribution in [0.25, 0.3) is 0 Å². The van der Waals surface area contributed by atoms with Crippen molar-refractivity contribution in [3.63, 3.8) is 0 Å². The van der Waals surface area contributed by atoms with Crippen LogP contribution < -0.4 is 9.47 Å². The molecule has 5 nitrogen and oxygen atoms in total. The average Bonchev–Trinajstić information content (AvgIpc) is 2.98. The van der Waals surface area contributed by atoms with Crippen molar-refractivity contribution in [2.24, 2.45) is 0 Å². The van der Waals surface area contributed by atoms with Gasteiger partial charge in [-0.2, -0.15) is 0 Å². The quantitative estimate of drug-likeness (QED) is 0.595. The molecule has 116 valence electrons. The summed E-state index contributed by atoms with van der Waals surface area (Å²) < 4.78 is 15.7. The molecule has 22 heavy (non-hydrogen) atoms. The van der Waals surface area contributed by atoms with E-state index < -0.39 is 5.97 Å². The van der Waals surface area contributed by atoms with Crippen LogP contribution in [-0.2, 0) is 4.74 Å². The van der Waals surface area contributed by atoms with Crippen LogP contribution >= 0.6 is 22.9 Å². The van der Waals surface area contributed by atoms with Gasteiger partial charge in [-0.25, -0.2) is 4.79 Å². The van der Waals surface area contributed by atoms with Gasteiger partial charge in [0.2, 0.25) is 5.78 Å². The van der Waals surface area contributed by atoms with Crippen LogP contribution in [-0.4, -0.2) is 32.6 Å². The third-order valence-electron chi connectivity index (χ3n) is 2.81. The van der Waals surface area contributed by atoms with E-state index in [1.165, 1.54) is 20.3 Å². The Labute approximate surface area is 136 Å². The number of methoxy groups -OCH3 is 2. The largest absolute Gasteiger partial charge is 0.497 e. The second-order valence-electron chi connectivity index (χ2n) is 4.17. The third kappa shape index (κ3) is 3.78. The Morgan fingerprint density at radius 3 is 2.50 bits per heavy atom. The molecular formula is C15H13ClO5S. The van der Waals surface area contributed by atoms with Gasteiger partial charge in [0.25, 0.3) is 0 Å². The standard InChI is InChI=1S/C15H13ClO5S/c1-19-9-3-4-10(12(7-9)20-2)15(18)21-8-11(17)13-5-6-14(16)22-13/h3-7H,8H2,1-2H3. The van der Waals surface area contributed by atoms with Crippen molar-refractivity contribution in [3.05, 3.63) is 45.1 Å². The fraction of sp³-hybridized carbons (Fsp3) is 0.200. The monoisotopic (exact) mass is 340 g/mol. The lowest BCUT2D eigenvalue weighted by molar-refractivity contribution is 0.0472. The van der Waals surface area contributed by atoms with E-state index in [1.807, 2.05) is 0 Å². The molecule has 0 unspecified atom stereocenters. The Balaban J connectivity index is 2.04. The number of Topliss-reactive ketones (excluding diaryl/α,β-unsaturated/α-hetero) is 1. The summed E-state index contributed by atoms with van der Waals surface area (Å²) in [6, 6.07) is 7.91. The molecule has 0 fully saturated rings. The zero-order chi connectivity index (χ0) is 16.1. The Morgan fingerprint density at radius 1 is 1.14 bits per heavy atom. The number of esters is 1. The minimum atomic E-state index is -0.643. The molecule has 0 saturated heterocycles. The van der Waals surface area contributed by atoms with Crippen molar-refractivity contribution in [1.29, 1.82) is 0 Å². The minimum absolute atomic E-state index is 0.223. The molecule has 1 heterocycles. The number of rotatable bonds is 6. The highest BCUT2D eigenvalue weighted by molar-refractivity contribution is 7.18. The van der Waals surface area contributed by atoms with Crippen LogP contribution in [0.1, 0.15) is 20.0 Å². The molecule has 0 bridgehead atoms. The summed E-state index contributed by atoms with van der Waals surface area (Å²) in [5.74, 6) is -0.0816. The molecule has 0 aliphatic heterocycles. The van der Waals surface area contributed by atoms with Crippen LogP contribution in [0, 0.1) is 0 Å². The van der Waals surface area contributed by atoms with Gasteiger partial charge >= 0.3 is 5.97 Å². The maximum atomic E-state index is 12.0. The van der Waals surface area contributed by atoms with Crippen LogP contribution in [0.2, 0.25) is 4.34 Å². The highest BCUT2D eigenvalue weighted by Gasteiger charge is 2.17. The number of ketones is 1. The van der Waals surface area contributed by atoms with Gasteiger partial charge in [-0.15, -0.1) is 11.3 Å². The second kappa shape index (κ2) is 7.29. The summed E-state index contributed by atoms with van der Waals surface area (Å²) in [5.41, 5.74) is 0.223. The SMILES string of the molecule is COc1ccc(C(=O)OCC(=O)c2ccc(Cl)s2)c(OC)c1. The molecule has 0 saturated carbocycles. The van der Waals surface area contributed by atoms with E-state index in [0.29, 0.717) is 20.7 Å². The van der Waals surface area contributed by atoms with Gasteiger partial charge in [-0.1, -0.05) is 11.6 Å². The molecule has 0 atom stereocenters. The number of hydrogen-bond donors (Lipinski definition) is 0. The lowest BCUT2D eigenvalue weighted by atomic mass is 10.2. The summed E-state index contributed by atoms with van der Waals surface area (Å²) in [4.78, 5) is 24.4. The minimum Gasteiger partial charge on any atom is -0.497 e. The van der Waals surface area contributed by atoms with Gasteiger partial charge in [-0.3, -0.25) is 4.79 Å². The zero-order valence-electron chi connectivity index (χ0n) is 11.9. The van der Waals surface area contributed by atoms with Crippen LogP contribution in [0.3, 0.4) is 0 Å². The highest BCUT2D eigenvalue weighted by atomic mass is 35.5. The predicted octanol–water partition coefficient (Wildman–Crippen LogP) is 3.46. The zero-order valence-corrected chi connectivity index (χ0v) is 13.5. The number of halogens is 1. The van der Waals surface area contributed by atoms with Crippen molar-refractivity contribution in [2.45, 2.75) is 0 Å². The van der Waals surface area contributed by atoms with Gasteiger partial charge < -0.3 is 14.2 Å². The molecule has 0 spiro atoms. The Hall–Kier alpha value is -2.05. The van der Waals surface area contributed by atoms with Gasteiger partial charge in [0.05, 0.1) is 23.4 Å². The van der Waals surface area contributed by atoms with Crippen molar-refractivity contribution in [2.75, 3.05) is 20.8 Å². The number of hydrogen-bond acceptors (Lipinski definition) is 6. The number of thiophene rings is 1. The van der Waals surface area contributed by atoms with Crippen molar-refractivity contribution in [1.82, 2.24) is 0 Å². The average molecular weight is 341 g/mol. The maximum absolute atomic E-state index is 12.0. The summed E-state index contributed by atoms with van der Waals surface area (Å²) in [7, 11) is 2.95. The number of benzene rings is 1. The summed E-state index contributed by atoms with van der Waals surface area (Å²) in [5, 5.41) is 0. The van der Waals surface area contributed by atoms with Crippen LogP contribution in [0.5, 0.6) is 11.5 Å². The third-order valence-corrected chi connectivity index (χ3v) is 4.08.